The van der Waals surface area contributed by atoms with Crippen LogP contribution in [0.1, 0.15) is 66.5 Å². The molecule has 2 N–H and O–H groups in total. The van der Waals surface area contributed by atoms with Gasteiger partial charge in [-0.05, 0) is 37.0 Å². The molecule has 3 heterocycles. The van der Waals surface area contributed by atoms with E-state index in [2.05, 4.69) is 4.98 Å². The van der Waals surface area contributed by atoms with Gasteiger partial charge in [0.15, 0.2) is 5.78 Å². The van der Waals surface area contributed by atoms with Crippen LogP contribution in [-0.4, -0.2) is 45.6 Å². The smallest absolute Gasteiger partial charge is 0.227 e. The van der Waals surface area contributed by atoms with Crippen LogP contribution < -0.4 is 4.90 Å². The first kappa shape index (κ1) is 21.0. The number of rotatable bonds is 4. The van der Waals surface area contributed by atoms with E-state index in [0.717, 1.165) is 17.7 Å². The maximum absolute atomic E-state index is 13.3. The summed E-state index contributed by atoms with van der Waals surface area (Å²) in [5.74, 6) is 0.0998. The summed E-state index contributed by atoms with van der Waals surface area (Å²) >= 11 is 0. The van der Waals surface area contributed by atoms with Gasteiger partial charge in [-0.15, -0.1) is 0 Å². The van der Waals surface area contributed by atoms with Crippen molar-refractivity contribution in [2.75, 3.05) is 18.0 Å². The molecule has 2 aliphatic rings. The van der Waals surface area contributed by atoms with Crippen LogP contribution in [-0.2, 0) is 16.8 Å². The van der Waals surface area contributed by atoms with Gasteiger partial charge in [-0.25, -0.2) is 4.98 Å². The van der Waals surface area contributed by atoms with Crippen molar-refractivity contribution in [3.63, 3.8) is 0 Å². The quantitative estimate of drug-likeness (QED) is 0.738. The zero-order chi connectivity index (χ0) is 22.5. The number of ketones is 1. The van der Waals surface area contributed by atoms with Gasteiger partial charge in [-0.2, -0.15) is 0 Å². The predicted molar refractivity (Wildman–Crippen MR) is 119 cm³/mol. The number of nitrogens with one attached hydrogen (secondary N) is 1. The highest BCUT2D eigenvalue weighted by Gasteiger charge is 2.31. The van der Waals surface area contributed by atoms with Crippen molar-refractivity contribution in [3.8, 4) is 5.75 Å². The van der Waals surface area contributed by atoms with Crippen molar-refractivity contribution in [1.82, 2.24) is 9.88 Å². The van der Waals surface area contributed by atoms with Crippen LogP contribution in [0.4, 0.5) is 5.69 Å². The summed E-state index contributed by atoms with van der Waals surface area (Å²) in [5, 5.41) is 19.4. The third kappa shape index (κ3) is 3.80. The number of Topliss-reactive ketones (excluding diaryl/α,β-unsaturated/α-hetero) is 1. The molecule has 7 nitrogen and oxygen atoms in total. The molecule has 2 aliphatic heterocycles. The highest BCUT2D eigenvalue weighted by Crippen LogP contribution is 2.40. The molecule has 31 heavy (non-hydrogen) atoms. The molecular weight excluding hydrogens is 392 g/mol. The van der Waals surface area contributed by atoms with Crippen LogP contribution in [0, 0.1) is 12.3 Å². The van der Waals surface area contributed by atoms with E-state index in [0.29, 0.717) is 42.0 Å². The zero-order valence-electron chi connectivity index (χ0n) is 18.5. The molecule has 0 unspecified atom stereocenters. The van der Waals surface area contributed by atoms with E-state index < -0.39 is 5.41 Å². The Labute approximate surface area is 182 Å². The molecular formula is C24H28N4O3. The molecule has 1 amide bonds. The van der Waals surface area contributed by atoms with Crippen LogP contribution in [0.2, 0.25) is 0 Å². The number of benzene rings is 1. The van der Waals surface area contributed by atoms with Gasteiger partial charge < -0.3 is 14.9 Å². The lowest BCUT2D eigenvalue weighted by Gasteiger charge is -2.26. The van der Waals surface area contributed by atoms with Gasteiger partial charge in [0.25, 0.3) is 0 Å². The fraction of sp³-hybridized carbons (Fsp3) is 0.417. The molecule has 1 saturated heterocycles. The first-order valence-electron chi connectivity index (χ1n) is 10.6. The molecule has 7 heteroatoms. The Morgan fingerprint density at radius 2 is 2.00 bits per heavy atom. The molecule has 2 aromatic rings. The van der Waals surface area contributed by atoms with Gasteiger partial charge in [-0.3, -0.25) is 15.0 Å². The second-order valence-electron chi connectivity index (χ2n) is 9.38. The number of nitrogens with zero attached hydrogens (tertiary/aromatic N) is 3. The lowest BCUT2D eigenvalue weighted by atomic mass is 9.84. The SMILES string of the molecule is Cc1ccc2c(n1)C(=N)N(CC(=O)c1cc(N3CCCC3=O)c(O)c(C(C)(C)C)c1)C2. The Bertz CT molecular complexity index is 1100. The second-order valence-corrected chi connectivity index (χ2v) is 9.38. The molecule has 1 aromatic carbocycles. The predicted octanol–water partition coefficient (Wildman–Crippen LogP) is 3.54. The molecule has 1 aromatic heterocycles. The molecule has 162 valence electrons. The van der Waals surface area contributed by atoms with Crippen molar-refractivity contribution >= 4 is 23.2 Å². The topological polar surface area (TPSA) is 97.6 Å². The average molecular weight is 421 g/mol. The molecule has 0 radical (unpaired) electrons. The number of pyridine rings is 1. The number of phenols is 1. The van der Waals surface area contributed by atoms with E-state index in [1.165, 1.54) is 0 Å². The largest absolute Gasteiger partial charge is 0.505 e. The number of anilines is 1. The first-order chi connectivity index (χ1) is 14.6. The number of carbonyl (C=O) groups is 2. The van der Waals surface area contributed by atoms with Crippen LogP contribution >= 0.6 is 0 Å². The van der Waals surface area contributed by atoms with Gasteiger partial charge in [-0.1, -0.05) is 26.8 Å². The van der Waals surface area contributed by atoms with Crippen molar-refractivity contribution in [2.24, 2.45) is 0 Å². The molecule has 1 fully saturated rings. The zero-order valence-corrected chi connectivity index (χ0v) is 18.5. The summed E-state index contributed by atoms with van der Waals surface area (Å²) in [6, 6.07) is 7.20. The number of amidine groups is 1. The van der Waals surface area contributed by atoms with Gasteiger partial charge >= 0.3 is 0 Å². The number of amides is 1. The van der Waals surface area contributed by atoms with Gasteiger partial charge in [0.1, 0.15) is 17.3 Å². The summed E-state index contributed by atoms with van der Waals surface area (Å²) in [6.45, 7) is 8.81. The second kappa shape index (κ2) is 7.48. The maximum Gasteiger partial charge on any atom is 0.227 e. The fourth-order valence-corrected chi connectivity index (χ4v) is 4.21. The van der Waals surface area contributed by atoms with E-state index in [-0.39, 0.29) is 29.8 Å². The number of aryl methyl sites for hydroxylation is 1. The fourth-order valence-electron chi connectivity index (χ4n) is 4.21. The summed E-state index contributed by atoms with van der Waals surface area (Å²) in [7, 11) is 0. The van der Waals surface area contributed by atoms with E-state index >= 15 is 0 Å². The van der Waals surface area contributed by atoms with Crippen LogP contribution in [0.25, 0.3) is 0 Å². The van der Waals surface area contributed by atoms with E-state index in [9.17, 15) is 14.7 Å². The lowest BCUT2D eigenvalue weighted by molar-refractivity contribution is -0.117. The monoisotopic (exact) mass is 420 g/mol. The first-order valence-corrected chi connectivity index (χ1v) is 10.6. The summed E-state index contributed by atoms with van der Waals surface area (Å²) < 4.78 is 0. The standard InChI is InChI=1S/C24H28N4O3/c1-14-7-8-15-12-27(23(25)21(15)26-14)13-19(29)16-10-17(24(2,3)4)22(31)18(11-16)28-9-5-6-20(28)30/h7-8,10-11,25,31H,5-6,9,12-13H2,1-4H3. The van der Waals surface area contributed by atoms with Crippen molar-refractivity contribution in [1.29, 1.82) is 5.41 Å². The molecule has 0 saturated carbocycles. The summed E-state index contributed by atoms with van der Waals surface area (Å²) in [6.07, 6.45) is 1.18. The third-order valence-electron chi connectivity index (χ3n) is 5.94. The van der Waals surface area contributed by atoms with E-state index in [1.807, 2.05) is 39.8 Å². The normalized spacial score (nSPS) is 16.3. The van der Waals surface area contributed by atoms with E-state index in [4.69, 9.17) is 5.41 Å². The molecule has 0 aliphatic carbocycles. The van der Waals surface area contributed by atoms with E-state index in [1.54, 1.807) is 21.9 Å². The van der Waals surface area contributed by atoms with Gasteiger partial charge in [0.2, 0.25) is 5.91 Å². The average Bonchev–Trinajstić information content (AvgIpc) is 3.25. The maximum atomic E-state index is 13.3. The lowest BCUT2D eigenvalue weighted by Crippen LogP contribution is -2.31. The van der Waals surface area contributed by atoms with Crippen LogP contribution in [0.15, 0.2) is 24.3 Å². The minimum atomic E-state index is -0.407. The molecule has 0 spiro atoms. The van der Waals surface area contributed by atoms with Crippen molar-refractivity contribution < 1.29 is 14.7 Å². The van der Waals surface area contributed by atoms with Gasteiger partial charge in [0, 0.05) is 41.9 Å². The van der Waals surface area contributed by atoms with Crippen LogP contribution in [0.3, 0.4) is 0 Å². The van der Waals surface area contributed by atoms with Crippen LogP contribution in [0.5, 0.6) is 5.75 Å². The Kier molecular flexibility index (Phi) is 5.07. The Morgan fingerprint density at radius 1 is 1.26 bits per heavy atom. The Balaban J connectivity index is 1.67. The van der Waals surface area contributed by atoms with Crippen molar-refractivity contribution in [2.45, 2.75) is 52.5 Å². The molecule has 4 rings (SSSR count). The number of aromatic nitrogens is 1. The highest BCUT2D eigenvalue weighted by molar-refractivity contribution is 6.06. The highest BCUT2D eigenvalue weighted by atomic mass is 16.3. The van der Waals surface area contributed by atoms with Crippen molar-refractivity contribution in [3.05, 3.63) is 52.3 Å². The number of fused-ring (bicyclic) bond motifs is 1. The summed E-state index contributed by atoms with van der Waals surface area (Å²) in [5.41, 5.74) is 3.46. The minimum absolute atomic E-state index is 0.0377. The number of aromatic hydroxyl groups is 1. The third-order valence-corrected chi connectivity index (χ3v) is 5.94. The minimum Gasteiger partial charge on any atom is -0.505 e. The Morgan fingerprint density at radius 3 is 2.65 bits per heavy atom. The van der Waals surface area contributed by atoms with Gasteiger partial charge in [0.05, 0.1) is 12.2 Å². The Hall–Kier alpha value is -3.22. The number of hydrogen-bond acceptors (Lipinski definition) is 5. The summed E-state index contributed by atoms with van der Waals surface area (Å²) in [4.78, 5) is 33.3. The molecule has 0 bridgehead atoms. The molecule has 0 atom stereocenters. The number of carbonyl (C=O) groups excluding carboxylic acids is 2. The number of hydrogen-bond donors (Lipinski definition) is 2. The number of phenolic OH excluding ortho intramolecular Hbond substituents is 1.